The normalized spacial score (nSPS) is 16.1. The van der Waals surface area contributed by atoms with E-state index in [-0.39, 0.29) is 12.5 Å². The van der Waals surface area contributed by atoms with Gasteiger partial charge in [0.15, 0.2) is 6.61 Å². The highest BCUT2D eigenvalue weighted by molar-refractivity contribution is 5.77. The molecule has 4 heteroatoms. The maximum Gasteiger partial charge on any atom is 0.257 e. The van der Waals surface area contributed by atoms with Gasteiger partial charge in [0.2, 0.25) is 0 Å². The summed E-state index contributed by atoms with van der Waals surface area (Å²) < 4.78 is 11.2. The van der Waals surface area contributed by atoms with Crippen molar-refractivity contribution in [2.75, 3.05) is 19.8 Å². The van der Waals surface area contributed by atoms with E-state index in [1.165, 1.54) is 5.56 Å². The highest BCUT2D eigenvalue weighted by Crippen LogP contribution is 2.32. The zero-order valence-electron chi connectivity index (χ0n) is 13.2. The van der Waals surface area contributed by atoms with Crippen molar-refractivity contribution in [3.05, 3.63) is 59.7 Å². The van der Waals surface area contributed by atoms with Crippen LogP contribution >= 0.6 is 0 Å². The van der Waals surface area contributed by atoms with Crippen LogP contribution in [0.15, 0.2) is 48.5 Å². The fraction of sp³-hybridized carbons (Fsp3) is 0.316. The molecule has 0 spiro atoms. The molecule has 0 aliphatic carbocycles. The van der Waals surface area contributed by atoms with E-state index >= 15 is 0 Å². The van der Waals surface area contributed by atoms with Gasteiger partial charge in [-0.05, 0) is 42.7 Å². The zero-order chi connectivity index (χ0) is 16.1. The number of aryl methyl sites for hydroxylation is 1. The van der Waals surface area contributed by atoms with Crippen molar-refractivity contribution in [3.8, 4) is 11.5 Å². The third-order valence-corrected chi connectivity index (χ3v) is 3.99. The lowest BCUT2D eigenvalue weighted by molar-refractivity contribution is -0.123. The molecule has 0 saturated heterocycles. The van der Waals surface area contributed by atoms with Gasteiger partial charge in [-0.2, -0.15) is 0 Å². The van der Waals surface area contributed by atoms with Crippen molar-refractivity contribution < 1.29 is 14.3 Å². The molecule has 2 aromatic carbocycles. The minimum atomic E-state index is -0.101. The van der Waals surface area contributed by atoms with Gasteiger partial charge in [0.05, 0.1) is 6.61 Å². The van der Waals surface area contributed by atoms with Crippen LogP contribution in [0.2, 0.25) is 0 Å². The van der Waals surface area contributed by atoms with E-state index in [1.807, 2.05) is 49.4 Å². The maximum absolute atomic E-state index is 12.0. The molecule has 1 aliphatic rings. The minimum absolute atomic E-state index is 0.0360. The number of nitrogens with one attached hydrogen (secondary N) is 1. The summed E-state index contributed by atoms with van der Waals surface area (Å²) in [5.41, 5.74) is 2.28. The summed E-state index contributed by atoms with van der Waals surface area (Å²) in [7, 11) is 0. The summed E-state index contributed by atoms with van der Waals surface area (Å²) >= 11 is 0. The summed E-state index contributed by atoms with van der Waals surface area (Å²) in [6.07, 6.45) is 0.913. The highest BCUT2D eigenvalue weighted by Gasteiger charge is 2.21. The van der Waals surface area contributed by atoms with Crippen molar-refractivity contribution >= 4 is 5.91 Å². The second-order valence-electron chi connectivity index (χ2n) is 5.78. The predicted molar refractivity (Wildman–Crippen MR) is 89.0 cm³/mol. The molecule has 1 heterocycles. The first-order chi connectivity index (χ1) is 11.2. The van der Waals surface area contributed by atoms with Crippen LogP contribution in [0.3, 0.4) is 0 Å². The molecule has 1 atom stereocenters. The van der Waals surface area contributed by atoms with Crippen LogP contribution < -0.4 is 14.8 Å². The summed E-state index contributed by atoms with van der Waals surface area (Å²) in [5, 5.41) is 2.96. The molecule has 23 heavy (non-hydrogen) atoms. The maximum atomic E-state index is 12.0. The molecular formula is C19H21NO3. The van der Waals surface area contributed by atoms with E-state index in [4.69, 9.17) is 9.47 Å². The van der Waals surface area contributed by atoms with Gasteiger partial charge >= 0.3 is 0 Å². The number of fused-ring (bicyclic) bond motifs is 1. The van der Waals surface area contributed by atoms with Gasteiger partial charge in [0, 0.05) is 12.5 Å². The SMILES string of the molecule is Cc1cccc(OCC(=O)NCC2CCOc3ccccc32)c1. The third-order valence-electron chi connectivity index (χ3n) is 3.99. The Morgan fingerprint density at radius 2 is 2.13 bits per heavy atom. The first-order valence-corrected chi connectivity index (χ1v) is 7.90. The van der Waals surface area contributed by atoms with E-state index in [1.54, 1.807) is 0 Å². The first kappa shape index (κ1) is 15.4. The Balaban J connectivity index is 1.50. The molecular weight excluding hydrogens is 290 g/mol. The van der Waals surface area contributed by atoms with Gasteiger partial charge < -0.3 is 14.8 Å². The number of amides is 1. The fourth-order valence-corrected chi connectivity index (χ4v) is 2.77. The van der Waals surface area contributed by atoms with Crippen LogP contribution in [0.5, 0.6) is 11.5 Å². The Kier molecular flexibility index (Phi) is 4.81. The van der Waals surface area contributed by atoms with Crippen molar-refractivity contribution in [2.45, 2.75) is 19.3 Å². The highest BCUT2D eigenvalue weighted by atomic mass is 16.5. The van der Waals surface area contributed by atoms with Crippen molar-refractivity contribution in [2.24, 2.45) is 0 Å². The Morgan fingerprint density at radius 1 is 1.26 bits per heavy atom. The van der Waals surface area contributed by atoms with Gasteiger partial charge in [0.25, 0.3) is 5.91 Å². The Hall–Kier alpha value is -2.49. The third kappa shape index (κ3) is 4.03. The number of benzene rings is 2. The smallest absolute Gasteiger partial charge is 0.257 e. The lowest BCUT2D eigenvalue weighted by Crippen LogP contribution is -2.34. The van der Waals surface area contributed by atoms with Gasteiger partial charge in [-0.15, -0.1) is 0 Å². The molecule has 0 bridgehead atoms. The zero-order valence-corrected chi connectivity index (χ0v) is 13.2. The second-order valence-corrected chi connectivity index (χ2v) is 5.78. The molecule has 1 amide bonds. The monoisotopic (exact) mass is 311 g/mol. The van der Waals surface area contributed by atoms with Crippen LogP contribution in [-0.4, -0.2) is 25.7 Å². The lowest BCUT2D eigenvalue weighted by Gasteiger charge is -2.26. The Labute approximate surface area is 136 Å². The van der Waals surface area contributed by atoms with Gasteiger partial charge in [0.1, 0.15) is 11.5 Å². The summed E-state index contributed by atoms with van der Waals surface area (Å²) in [4.78, 5) is 12.0. The van der Waals surface area contributed by atoms with E-state index in [0.29, 0.717) is 19.1 Å². The van der Waals surface area contributed by atoms with Crippen molar-refractivity contribution in [1.29, 1.82) is 0 Å². The van der Waals surface area contributed by atoms with Crippen LogP contribution in [0, 0.1) is 6.92 Å². The van der Waals surface area contributed by atoms with Crippen LogP contribution in [0.25, 0.3) is 0 Å². The summed E-state index contributed by atoms with van der Waals surface area (Å²) in [5.74, 6) is 1.84. The van der Waals surface area contributed by atoms with E-state index in [0.717, 1.165) is 23.5 Å². The predicted octanol–water partition coefficient (Wildman–Crippen LogP) is 3.06. The molecule has 2 aromatic rings. The number of rotatable bonds is 5. The molecule has 1 aliphatic heterocycles. The number of carbonyl (C=O) groups is 1. The number of hydrogen-bond acceptors (Lipinski definition) is 3. The molecule has 0 saturated carbocycles. The van der Waals surface area contributed by atoms with Gasteiger partial charge in [-0.1, -0.05) is 30.3 Å². The van der Waals surface area contributed by atoms with E-state index in [9.17, 15) is 4.79 Å². The molecule has 0 aromatic heterocycles. The molecule has 1 unspecified atom stereocenters. The number of hydrogen-bond donors (Lipinski definition) is 1. The topological polar surface area (TPSA) is 47.6 Å². The average Bonchev–Trinajstić information content (AvgIpc) is 2.58. The number of ether oxygens (including phenoxy) is 2. The first-order valence-electron chi connectivity index (χ1n) is 7.90. The summed E-state index contributed by atoms with van der Waals surface area (Å²) in [6.45, 7) is 3.33. The van der Waals surface area contributed by atoms with Crippen LogP contribution in [-0.2, 0) is 4.79 Å². The number of para-hydroxylation sites is 1. The largest absolute Gasteiger partial charge is 0.493 e. The van der Waals surface area contributed by atoms with E-state index < -0.39 is 0 Å². The molecule has 0 radical (unpaired) electrons. The lowest BCUT2D eigenvalue weighted by atomic mass is 9.93. The van der Waals surface area contributed by atoms with Crippen LogP contribution in [0.4, 0.5) is 0 Å². The number of carbonyl (C=O) groups excluding carboxylic acids is 1. The molecule has 4 nitrogen and oxygen atoms in total. The Bertz CT molecular complexity index is 684. The Morgan fingerprint density at radius 3 is 3.00 bits per heavy atom. The quantitative estimate of drug-likeness (QED) is 0.923. The van der Waals surface area contributed by atoms with Crippen LogP contribution in [0.1, 0.15) is 23.5 Å². The second kappa shape index (κ2) is 7.18. The average molecular weight is 311 g/mol. The molecule has 1 N–H and O–H groups in total. The van der Waals surface area contributed by atoms with Gasteiger partial charge in [-0.3, -0.25) is 4.79 Å². The standard InChI is InChI=1S/C19H21NO3/c1-14-5-4-6-16(11-14)23-13-19(21)20-12-15-9-10-22-18-8-3-2-7-17(15)18/h2-8,11,15H,9-10,12-13H2,1H3,(H,20,21). The minimum Gasteiger partial charge on any atom is -0.493 e. The molecule has 120 valence electrons. The van der Waals surface area contributed by atoms with Gasteiger partial charge in [-0.25, -0.2) is 0 Å². The summed E-state index contributed by atoms with van der Waals surface area (Å²) in [6, 6.07) is 15.7. The van der Waals surface area contributed by atoms with E-state index in [2.05, 4.69) is 11.4 Å². The fourth-order valence-electron chi connectivity index (χ4n) is 2.77. The molecule has 3 rings (SSSR count). The molecule has 0 fully saturated rings. The van der Waals surface area contributed by atoms with Crippen molar-refractivity contribution in [3.63, 3.8) is 0 Å². The van der Waals surface area contributed by atoms with Crippen molar-refractivity contribution in [1.82, 2.24) is 5.32 Å².